The maximum absolute atomic E-state index is 11.2. The molecule has 1 unspecified atom stereocenters. The van der Waals surface area contributed by atoms with E-state index in [1.165, 1.54) is 0 Å². The van der Waals surface area contributed by atoms with Crippen molar-refractivity contribution in [1.29, 1.82) is 0 Å². The molecule has 0 saturated carbocycles. The predicted molar refractivity (Wildman–Crippen MR) is 90.3 cm³/mol. The monoisotopic (exact) mass is 286 g/mol. The average molecular weight is 286 g/mol. The van der Waals surface area contributed by atoms with Crippen LogP contribution in [0.3, 0.4) is 0 Å². The number of benzene rings is 1. The Kier molecular flexibility index (Phi) is 5.02. The van der Waals surface area contributed by atoms with E-state index in [-0.39, 0.29) is 5.04 Å². The Hall–Kier alpha value is -1.30. The Bertz CT molecular complexity index is 514. The summed E-state index contributed by atoms with van der Waals surface area (Å²) in [5.41, 5.74) is 0.939. The molecule has 0 saturated heterocycles. The van der Waals surface area contributed by atoms with Gasteiger partial charge in [0.15, 0.2) is 0 Å². The van der Waals surface area contributed by atoms with Crippen molar-refractivity contribution in [3.8, 4) is 11.8 Å². The summed E-state index contributed by atoms with van der Waals surface area (Å²) in [6.45, 7) is 14.8. The fourth-order valence-electron chi connectivity index (χ4n) is 1.99. The third-order valence-corrected chi connectivity index (χ3v) is 10.7. The van der Waals surface area contributed by atoms with Gasteiger partial charge in [-0.1, -0.05) is 70.0 Å². The lowest BCUT2D eigenvalue weighted by molar-refractivity contribution is 0.173. The minimum absolute atomic E-state index is 0.0656. The van der Waals surface area contributed by atoms with E-state index in [1.807, 2.05) is 30.3 Å². The zero-order valence-electron chi connectivity index (χ0n) is 13.3. The zero-order chi connectivity index (χ0) is 15.4. The second-order valence-electron chi connectivity index (χ2n) is 6.84. The van der Waals surface area contributed by atoms with Crippen LogP contribution in [-0.2, 0) is 0 Å². The van der Waals surface area contributed by atoms with Gasteiger partial charge in [0.2, 0.25) is 0 Å². The van der Waals surface area contributed by atoms with Gasteiger partial charge in [0.25, 0.3) is 0 Å². The smallest absolute Gasteiger partial charge is 0.116 e. The van der Waals surface area contributed by atoms with Gasteiger partial charge in [-0.25, -0.2) is 0 Å². The Morgan fingerprint density at radius 3 is 2.20 bits per heavy atom. The van der Waals surface area contributed by atoms with Crippen molar-refractivity contribution in [3.63, 3.8) is 0 Å². The summed E-state index contributed by atoms with van der Waals surface area (Å²) in [6.07, 6.45) is 2.30. The van der Waals surface area contributed by atoms with Crippen LogP contribution >= 0.6 is 0 Å². The minimum atomic E-state index is -2.02. The standard InChI is InChI=1S/C18H26OSi/c1-7-14-18(19,20(5,6)17(2,3)4)15-13-16-11-9-8-10-12-16/h7-12,19H,1,14H2,2-6H3. The van der Waals surface area contributed by atoms with Crippen LogP contribution in [0.5, 0.6) is 0 Å². The molecule has 108 valence electrons. The molecular formula is C18H26OSi. The molecule has 1 rings (SSSR count). The van der Waals surface area contributed by atoms with Crippen LogP contribution in [0.1, 0.15) is 32.8 Å². The summed E-state index contributed by atoms with van der Waals surface area (Å²) in [4.78, 5) is 0. The highest BCUT2D eigenvalue weighted by atomic mass is 28.3. The summed E-state index contributed by atoms with van der Waals surface area (Å²) < 4.78 is 0. The third-order valence-electron chi connectivity index (χ3n) is 4.54. The van der Waals surface area contributed by atoms with Crippen LogP contribution in [0.15, 0.2) is 43.0 Å². The number of hydrogen-bond donors (Lipinski definition) is 1. The first-order chi connectivity index (χ1) is 9.14. The van der Waals surface area contributed by atoms with Crippen LogP contribution in [0.25, 0.3) is 0 Å². The fourth-order valence-corrected chi connectivity index (χ4v) is 4.26. The molecule has 2 heteroatoms. The third kappa shape index (κ3) is 3.42. The van der Waals surface area contributed by atoms with Crippen LogP contribution in [0.4, 0.5) is 0 Å². The van der Waals surface area contributed by atoms with Gasteiger partial charge in [-0.05, 0) is 17.2 Å². The van der Waals surface area contributed by atoms with Gasteiger partial charge in [-0.3, -0.25) is 0 Å². The molecule has 1 aromatic rings. The van der Waals surface area contributed by atoms with Crippen molar-refractivity contribution in [2.45, 2.75) is 50.5 Å². The molecule has 0 radical (unpaired) electrons. The van der Waals surface area contributed by atoms with E-state index >= 15 is 0 Å². The molecule has 0 spiro atoms. The summed E-state index contributed by atoms with van der Waals surface area (Å²) >= 11 is 0. The van der Waals surface area contributed by atoms with Gasteiger partial charge in [0.05, 0.1) is 0 Å². The Morgan fingerprint density at radius 2 is 1.75 bits per heavy atom. The molecule has 0 amide bonds. The van der Waals surface area contributed by atoms with E-state index < -0.39 is 13.3 Å². The number of aliphatic hydroxyl groups is 1. The highest BCUT2D eigenvalue weighted by Crippen LogP contribution is 2.44. The van der Waals surface area contributed by atoms with Crippen molar-refractivity contribution < 1.29 is 5.11 Å². The van der Waals surface area contributed by atoms with Gasteiger partial charge in [0.1, 0.15) is 13.3 Å². The first-order valence-electron chi connectivity index (χ1n) is 7.05. The lowest BCUT2D eigenvalue weighted by Gasteiger charge is -2.46. The van der Waals surface area contributed by atoms with Crippen molar-refractivity contribution in [2.24, 2.45) is 0 Å². The van der Waals surface area contributed by atoms with E-state index in [2.05, 4.69) is 52.3 Å². The summed E-state index contributed by atoms with van der Waals surface area (Å²) in [5, 5.41) is 10.3. The molecule has 1 atom stereocenters. The van der Waals surface area contributed by atoms with Crippen LogP contribution in [0, 0.1) is 11.8 Å². The second-order valence-corrected chi connectivity index (χ2v) is 12.4. The molecule has 0 aliphatic rings. The lowest BCUT2D eigenvalue weighted by Crippen LogP contribution is -2.58. The largest absolute Gasteiger partial charge is 0.381 e. The fraction of sp³-hybridized carbons (Fsp3) is 0.444. The molecule has 0 aromatic heterocycles. The van der Waals surface area contributed by atoms with E-state index in [9.17, 15) is 5.11 Å². The maximum Gasteiger partial charge on any atom is 0.116 e. The van der Waals surface area contributed by atoms with Gasteiger partial charge >= 0.3 is 0 Å². The first-order valence-corrected chi connectivity index (χ1v) is 10.1. The highest BCUT2D eigenvalue weighted by molar-refractivity contribution is 6.83. The minimum Gasteiger partial charge on any atom is -0.381 e. The molecule has 0 aliphatic carbocycles. The summed E-state index contributed by atoms with van der Waals surface area (Å²) in [7, 11) is -2.02. The van der Waals surface area contributed by atoms with Crippen LogP contribution < -0.4 is 0 Å². The normalized spacial score (nSPS) is 14.9. The van der Waals surface area contributed by atoms with Gasteiger partial charge < -0.3 is 5.11 Å². The van der Waals surface area contributed by atoms with E-state index in [4.69, 9.17) is 0 Å². The van der Waals surface area contributed by atoms with Gasteiger partial charge in [0, 0.05) is 12.0 Å². The predicted octanol–water partition coefficient (Wildman–Crippen LogP) is 4.39. The topological polar surface area (TPSA) is 20.2 Å². The Balaban J connectivity index is 3.24. The van der Waals surface area contributed by atoms with Crippen LogP contribution in [0.2, 0.25) is 18.1 Å². The Morgan fingerprint density at radius 1 is 1.20 bits per heavy atom. The van der Waals surface area contributed by atoms with Gasteiger partial charge in [-0.15, -0.1) is 6.58 Å². The molecule has 0 heterocycles. The molecule has 1 aromatic carbocycles. The van der Waals surface area contributed by atoms with E-state index in [1.54, 1.807) is 6.08 Å². The molecule has 0 bridgehead atoms. The second kappa shape index (κ2) is 5.99. The van der Waals surface area contributed by atoms with Crippen molar-refractivity contribution in [1.82, 2.24) is 0 Å². The van der Waals surface area contributed by atoms with E-state index in [0.29, 0.717) is 6.42 Å². The first kappa shape index (κ1) is 16.8. The van der Waals surface area contributed by atoms with E-state index in [0.717, 1.165) is 5.56 Å². The van der Waals surface area contributed by atoms with Crippen LogP contribution in [-0.4, -0.2) is 18.4 Å². The maximum atomic E-state index is 11.2. The van der Waals surface area contributed by atoms with Crippen molar-refractivity contribution in [3.05, 3.63) is 48.6 Å². The zero-order valence-corrected chi connectivity index (χ0v) is 14.3. The summed E-state index contributed by atoms with van der Waals surface area (Å²) in [5.74, 6) is 6.29. The lowest BCUT2D eigenvalue weighted by atomic mass is 10.2. The molecular weight excluding hydrogens is 260 g/mol. The molecule has 20 heavy (non-hydrogen) atoms. The SMILES string of the molecule is C=CCC(O)(C#Cc1ccccc1)[Si](C)(C)C(C)(C)C. The van der Waals surface area contributed by atoms with Crippen molar-refractivity contribution >= 4 is 8.07 Å². The summed E-state index contributed by atoms with van der Waals surface area (Å²) in [6, 6.07) is 9.82. The molecule has 1 N–H and O–H groups in total. The highest BCUT2D eigenvalue weighted by Gasteiger charge is 2.50. The molecule has 0 fully saturated rings. The quantitative estimate of drug-likeness (QED) is 0.496. The Labute approximate surface area is 124 Å². The number of hydrogen-bond acceptors (Lipinski definition) is 1. The number of rotatable bonds is 3. The van der Waals surface area contributed by atoms with Crippen molar-refractivity contribution in [2.75, 3.05) is 0 Å². The molecule has 0 aliphatic heterocycles. The average Bonchev–Trinajstić information content (AvgIpc) is 2.36. The van der Waals surface area contributed by atoms with Gasteiger partial charge in [-0.2, -0.15) is 0 Å². The molecule has 1 nitrogen and oxygen atoms in total.